The maximum Gasteiger partial charge on any atom is 0.290 e. The number of furan rings is 1. The summed E-state index contributed by atoms with van der Waals surface area (Å²) in [5.41, 5.74) is 0.0900. The van der Waals surface area contributed by atoms with Gasteiger partial charge in [0.2, 0.25) is 5.78 Å². The molecule has 1 amide bonds. The molecule has 3 heterocycles. The van der Waals surface area contributed by atoms with E-state index in [1.54, 1.807) is 11.0 Å². The lowest BCUT2D eigenvalue weighted by Crippen LogP contribution is -2.33. The number of hydrogen-bond donors (Lipinski definition) is 1. The molecule has 0 radical (unpaired) electrons. The fraction of sp³-hybridized carbons (Fsp3) is 0.333. The summed E-state index contributed by atoms with van der Waals surface area (Å²) >= 11 is 1.45. The molecule has 1 aliphatic heterocycles. The van der Waals surface area contributed by atoms with Gasteiger partial charge in [0.1, 0.15) is 0 Å². The highest BCUT2D eigenvalue weighted by atomic mass is 32.1. The van der Waals surface area contributed by atoms with Crippen LogP contribution in [0.1, 0.15) is 27.9 Å². The number of rotatable bonds is 7. The number of Topliss-reactive ketones (excluding diaryl/α,β-unsaturated/α-hetero) is 1. The molecule has 2 aromatic rings. The minimum atomic E-state index is -0.577. The second kappa shape index (κ2) is 7.25. The van der Waals surface area contributed by atoms with Crippen molar-refractivity contribution < 1.29 is 19.1 Å². The number of aliphatic hydroxyl groups excluding tert-OH is 1. The van der Waals surface area contributed by atoms with E-state index >= 15 is 0 Å². The monoisotopic (exact) mass is 360 g/mol. The Morgan fingerprint density at radius 1 is 1.36 bits per heavy atom. The number of hydrogen-bond acceptors (Lipinski definition) is 6. The first kappa shape index (κ1) is 17.4. The molecule has 0 aromatic carbocycles. The Bertz CT molecular complexity index is 778. The molecule has 25 heavy (non-hydrogen) atoms. The molecule has 0 saturated carbocycles. The summed E-state index contributed by atoms with van der Waals surface area (Å²) in [4.78, 5) is 29.8. The predicted octanol–water partition coefficient (Wildman–Crippen LogP) is 2.87. The largest absolute Gasteiger partial charge is 0.503 e. The summed E-state index contributed by atoms with van der Waals surface area (Å²) in [6.45, 7) is 1.27. The van der Waals surface area contributed by atoms with Gasteiger partial charge in [-0.3, -0.25) is 9.59 Å². The number of amides is 1. The molecule has 1 aliphatic rings. The highest BCUT2D eigenvalue weighted by molar-refractivity contribution is 7.10. The Balaban J connectivity index is 1.94. The van der Waals surface area contributed by atoms with E-state index in [9.17, 15) is 14.7 Å². The van der Waals surface area contributed by atoms with Crippen LogP contribution in [-0.2, 0) is 4.79 Å². The molecule has 3 rings (SSSR count). The van der Waals surface area contributed by atoms with E-state index in [0.717, 1.165) is 17.8 Å². The maximum absolute atomic E-state index is 12.8. The quantitative estimate of drug-likeness (QED) is 0.769. The normalized spacial score (nSPS) is 17.8. The zero-order valence-electron chi connectivity index (χ0n) is 14.1. The highest BCUT2D eigenvalue weighted by Crippen LogP contribution is 2.40. The van der Waals surface area contributed by atoms with Crippen LogP contribution in [0.2, 0.25) is 0 Å². The number of aliphatic hydroxyl groups is 1. The second-order valence-electron chi connectivity index (χ2n) is 6.14. The molecule has 0 spiro atoms. The third-order valence-corrected chi connectivity index (χ3v) is 5.04. The molecule has 0 aliphatic carbocycles. The number of carbonyl (C=O) groups excluding carboxylic acids is 2. The second-order valence-corrected chi connectivity index (χ2v) is 7.12. The number of thiophene rings is 1. The lowest BCUT2D eigenvalue weighted by molar-refractivity contribution is -0.129. The molecular formula is C18H20N2O4S. The Morgan fingerprint density at radius 3 is 2.76 bits per heavy atom. The summed E-state index contributed by atoms with van der Waals surface area (Å²) in [5.74, 6) is -1.33. The summed E-state index contributed by atoms with van der Waals surface area (Å²) in [6.07, 6.45) is 2.15. The van der Waals surface area contributed by atoms with Crippen molar-refractivity contribution >= 4 is 23.0 Å². The van der Waals surface area contributed by atoms with E-state index < -0.39 is 23.5 Å². The Hall–Kier alpha value is -2.38. The summed E-state index contributed by atoms with van der Waals surface area (Å²) in [5, 5.41) is 12.3. The predicted molar refractivity (Wildman–Crippen MR) is 94.6 cm³/mol. The van der Waals surface area contributed by atoms with Gasteiger partial charge >= 0.3 is 0 Å². The van der Waals surface area contributed by atoms with Gasteiger partial charge in [-0.15, -0.1) is 11.3 Å². The van der Waals surface area contributed by atoms with E-state index in [0.29, 0.717) is 6.54 Å². The first-order chi connectivity index (χ1) is 12.0. The van der Waals surface area contributed by atoms with Crippen LogP contribution in [0.15, 0.2) is 51.7 Å². The first-order valence-electron chi connectivity index (χ1n) is 8.01. The molecule has 0 fully saturated rings. The molecule has 2 aromatic heterocycles. The van der Waals surface area contributed by atoms with Gasteiger partial charge in [-0.2, -0.15) is 0 Å². The van der Waals surface area contributed by atoms with Crippen molar-refractivity contribution in [1.29, 1.82) is 0 Å². The van der Waals surface area contributed by atoms with Crippen LogP contribution >= 0.6 is 11.3 Å². The van der Waals surface area contributed by atoms with Gasteiger partial charge in [-0.05, 0) is 50.6 Å². The van der Waals surface area contributed by atoms with Gasteiger partial charge < -0.3 is 19.3 Å². The van der Waals surface area contributed by atoms with Crippen LogP contribution in [0, 0.1) is 0 Å². The van der Waals surface area contributed by atoms with Crippen molar-refractivity contribution in [3.05, 3.63) is 57.9 Å². The summed E-state index contributed by atoms with van der Waals surface area (Å²) in [7, 11) is 3.92. The van der Waals surface area contributed by atoms with Crippen molar-refractivity contribution in [3.8, 4) is 0 Å². The SMILES string of the molecule is CN(C)CCCN1C(=O)C(O)=C(C(=O)c2ccco2)[C@H]1c1cccs1. The third-order valence-electron chi connectivity index (χ3n) is 4.11. The fourth-order valence-electron chi connectivity index (χ4n) is 2.96. The van der Waals surface area contributed by atoms with E-state index in [1.165, 1.54) is 23.7 Å². The zero-order valence-corrected chi connectivity index (χ0v) is 15.0. The van der Waals surface area contributed by atoms with Crippen molar-refractivity contribution in [2.75, 3.05) is 27.2 Å². The van der Waals surface area contributed by atoms with E-state index in [2.05, 4.69) is 0 Å². The van der Waals surface area contributed by atoms with Crippen molar-refractivity contribution in [3.63, 3.8) is 0 Å². The molecular weight excluding hydrogens is 340 g/mol. The number of carbonyl (C=O) groups is 2. The molecule has 7 heteroatoms. The van der Waals surface area contributed by atoms with Crippen LogP contribution < -0.4 is 0 Å². The van der Waals surface area contributed by atoms with E-state index in [-0.39, 0.29) is 11.3 Å². The molecule has 1 N–H and O–H groups in total. The molecule has 132 valence electrons. The van der Waals surface area contributed by atoms with Crippen LogP contribution in [0.3, 0.4) is 0 Å². The van der Waals surface area contributed by atoms with Crippen molar-refractivity contribution in [2.45, 2.75) is 12.5 Å². The highest BCUT2D eigenvalue weighted by Gasteiger charge is 2.44. The van der Waals surface area contributed by atoms with E-state index in [4.69, 9.17) is 4.42 Å². The molecule has 0 unspecified atom stereocenters. The maximum atomic E-state index is 12.8. The number of nitrogens with zero attached hydrogens (tertiary/aromatic N) is 2. The van der Waals surface area contributed by atoms with Gasteiger partial charge in [0, 0.05) is 11.4 Å². The van der Waals surface area contributed by atoms with Gasteiger partial charge in [-0.25, -0.2) is 0 Å². The van der Waals surface area contributed by atoms with Crippen LogP contribution in [0.5, 0.6) is 0 Å². The van der Waals surface area contributed by atoms with Crippen LogP contribution in [-0.4, -0.2) is 53.8 Å². The Morgan fingerprint density at radius 2 is 2.16 bits per heavy atom. The first-order valence-corrected chi connectivity index (χ1v) is 8.89. The van der Waals surface area contributed by atoms with Crippen LogP contribution in [0.4, 0.5) is 0 Å². The minimum Gasteiger partial charge on any atom is -0.503 e. The third kappa shape index (κ3) is 3.38. The molecule has 0 bridgehead atoms. The van der Waals surface area contributed by atoms with Crippen molar-refractivity contribution in [1.82, 2.24) is 9.80 Å². The smallest absolute Gasteiger partial charge is 0.290 e. The average Bonchev–Trinajstić information content (AvgIpc) is 3.31. The van der Waals surface area contributed by atoms with Gasteiger partial charge in [0.25, 0.3) is 5.91 Å². The lowest BCUT2D eigenvalue weighted by atomic mass is 10.0. The molecule has 1 atom stereocenters. The average molecular weight is 360 g/mol. The zero-order chi connectivity index (χ0) is 18.0. The lowest BCUT2D eigenvalue weighted by Gasteiger charge is -2.26. The topological polar surface area (TPSA) is 74.0 Å². The summed E-state index contributed by atoms with van der Waals surface area (Å²) < 4.78 is 5.18. The fourth-order valence-corrected chi connectivity index (χ4v) is 3.80. The van der Waals surface area contributed by atoms with Gasteiger partial charge in [-0.1, -0.05) is 6.07 Å². The van der Waals surface area contributed by atoms with E-state index in [1.807, 2.05) is 36.5 Å². The van der Waals surface area contributed by atoms with Crippen molar-refractivity contribution in [2.24, 2.45) is 0 Å². The van der Waals surface area contributed by atoms with Gasteiger partial charge in [0.15, 0.2) is 11.5 Å². The molecule has 0 saturated heterocycles. The Labute approximate surface area is 150 Å². The summed E-state index contributed by atoms with van der Waals surface area (Å²) in [6, 6.07) is 6.30. The standard InChI is InChI=1S/C18H20N2O4S/c1-19(2)8-5-9-20-15(13-7-4-11-25-13)14(17(22)18(20)23)16(21)12-6-3-10-24-12/h3-4,6-7,10-11,15,22H,5,8-9H2,1-2H3/t15-/m1/s1. The minimum absolute atomic E-state index is 0.0900. The Kier molecular flexibility index (Phi) is 5.06. The number of ketones is 1. The van der Waals surface area contributed by atoms with Crippen LogP contribution in [0.25, 0.3) is 0 Å². The molecule has 6 nitrogen and oxygen atoms in total. The van der Waals surface area contributed by atoms with Gasteiger partial charge in [0.05, 0.1) is 17.9 Å².